The fourth-order valence-electron chi connectivity index (χ4n) is 3.88. The second-order valence-corrected chi connectivity index (χ2v) is 7.24. The minimum absolute atomic E-state index is 0.0729. The van der Waals surface area contributed by atoms with Crippen molar-refractivity contribution in [2.24, 2.45) is 0 Å². The number of H-pyrrole nitrogens is 1. The number of rotatable bonds is 7. The van der Waals surface area contributed by atoms with Crippen LogP contribution in [0.3, 0.4) is 0 Å². The molecule has 6 heteroatoms. The number of hydrogen-bond acceptors (Lipinski definition) is 4. The zero-order valence-electron chi connectivity index (χ0n) is 16.7. The summed E-state index contributed by atoms with van der Waals surface area (Å²) in [5.41, 5.74) is 4.73. The zero-order valence-corrected chi connectivity index (χ0v) is 16.7. The van der Waals surface area contributed by atoms with Gasteiger partial charge in [-0.15, -0.1) is 0 Å². The molecule has 0 fully saturated rings. The Kier molecular flexibility index (Phi) is 5.36. The molecule has 1 aliphatic heterocycles. The molecule has 29 heavy (non-hydrogen) atoms. The number of aromatic hydroxyl groups is 1. The molecule has 1 amide bonds. The summed E-state index contributed by atoms with van der Waals surface area (Å²) in [6.07, 6.45) is 0.756. The molecule has 2 N–H and O–H groups in total. The van der Waals surface area contributed by atoms with Crippen molar-refractivity contribution >= 4 is 5.91 Å². The molecule has 2 aromatic carbocycles. The van der Waals surface area contributed by atoms with E-state index in [1.54, 1.807) is 12.1 Å². The lowest BCUT2D eigenvalue weighted by Crippen LogP contribution is -2.31. The van der Waals surface area contributed by atoms with Gasteiger partial charge in [-0.1, -0.05) is 42.0 Å². The predicted octanol–water partition coefficient (Wildman–Crippen LogP) is 4.06. The monoisotopic (exact) mass is 391 g/mol. The van der Waals surface area contributed by atoms with E-state index in [0.29, 0.717) is 36.7 Å². The highest BCUT2D eigenvalue weighted by Crippen LogP contribution is 2.44. The number of nitrogens with zero attached hydrogens (tertiary/aromatic N) is 2. The average Bonchev–Trinajstić information content (AvgIpc) is 3.26. The van der Waals surface area contributed by atoms with Crippen LogP contribution < -0.4 is 0 Å². The van der Waals surface area contributed by atoms with Gasteiger partial charge in [0.1, 0.15) is 17.1 Å². The third kappa shape index (κ3) is 3.51. The van der Waals surface area contributed by atoms with E-state index in [0.717, 1.165) is 23.1 Å². The Morgan fingerprint density at radius 2 is 1.93 bits per heavy atom. The topological polar surface area (TPSA) is 78.5 Å². The smallest absolute Gasteiger partial charge is 0.273 e. The molecule has 3 aromatic rings. The van der Waals surface area contributed by atoms with Crippen molar-refractivity contribution in [3.63, 3.8) is 0 Å². The van der Waals surface area contributed by atoms with Crippen LogP contribution in [0.5, 0.6) is 5.75 Å². The molecule has 0 saturated carbocycles. The molecule has 6 nitrogen and oxygen atoms in total. The van der Waals surface area contributed by atoms with Crippen molar-refractivity contribution in [1.29, 1.82) is 0 Å². The lowest BCUT2D eigenvalue weighted by Gasteiger charge is -2.26. The second-order valence-electron chi connectivity index (χ2n) is 7.24. The number of phenolic OH excluding ortho intramolecular Hbond substituents is 1. The Balaban J connectivity index is 1.78. The molecule has 1 aliphatic rings. The van der Waals surface area contributed by atoms with Gasteiger partial charge in [0.25, 0.3) is 5.91 Å². The molecule has 0 radical (unpaired) electrons. The van der Waals surface area contributed by atoms with Crippen molar-refractivity contribution in [3.05, 3.63) is 70.9 Å². The highest BCUT2D eigenvalue weighted by molar-refractivity contribution is 6.00. The molecule has 4 rings (SSSR count). The standard InChI is InChI=1S/C23H25N3O3/c1-3-29-14-6-13-26-22(16-11-9-15(2)10-12-16)19-20(24-25-21(19)23(26)28)17-7-4-5-8-18(17)27/h4-5,7-12,22,27H,3,6,13-14H2,1-2H3,(H,24,25). The van der Waals surface area contributed by atoms with E-state index in [2.05, 4.69) is 34.5 Å². The van der Waals surface area contributed by atoms with Crippen LogP contribution in [0.2, 0.25) is 0 Å². The molecule has 0 spiro atoms. The first kappa shape index (κ1) is 19.2. The Morgan fingerprint density at radius 3 is 2.66 bits per heavy atom. The molecule has 0 saturated heterocycles. The molecule has 0 aliphatic carbocycles. The number of aromatic nitrogens is 2. The maximum Gasteiger partial charge on any atom is 0.273 e. The van der Waals surface area contributed by atoms with E-state index >= 15 is 0 Å². The highest BCUT2D eigenvalue weighted by Gasteiger charge is 2.42. The van der Waals surface area contributed by atoms with Crippen LogP contribution in [0, 0.1) is 6.92 Å². The SMILES string of the molecule is CCOCCCN1C(=O)c2[nH]nc(-c3ccccc3O)c2C1c1ccc(C)cc1. The molecule has 1 unspecified atom stereocenters. The summed E-state index contributed by atoms with van der Waals surface area (Å²) in [6.45, 7) is 5.86. The summed E-state index contributed by atoms with van der Waals surface area (Å²) >= 11 is 0. The number of amides is 1. The van der Waals surface area contributed by atoms with E-state index < -0.39 is 0 Å². The number of phenols is 1. The van der Waals surface area contributed by atoms with Gasteiger partial charge in [-0.3, -0.25) is 9.89 Å². The lowest BCUT2D eigenvalue weighted by molar-refractivity contribution is 0.0710. The normalized spacial score (nSPS) is 15.7. The van der Waals surface area contributed by atoms with Gasteiger partial charge in [-0.05, 0) is 38.0 Å². The van der Waals surface area contributed by atoms with E-state index in [-0.39, 0.29) is 17.7 Å². The molecule has 1 aromatic heterocycles. The summed E-state index contributed by atoms with van der Waals surface area (Å²) in [6, 6.07) is 15.0. The molecular weight excluding hydrogens is 366 g/mol. The van der Waals surface area contributed by atoms with E-state index in [1.807, 2.05) is 30.9 Å². The number of nitrogens with one attached hydrogen (secondary N) is 1. The zero-order chi connectivity index (χ0) is 20.4. The summed E-state index contributed by atoms with van der Waals surface area (Å²) in [5, 5.41) is 17.7. The van der Waals surface area contributed by atoms with Gasteiger partial charge >= 0.3 is 0 Å². The Bertz CT molecular complexity index is 1010. The summed E-state index contributed by atoms with van der Waals surface area (Å²) in [4.78, 5) is 15.1. The van der Waals surface area contributed by atoms with E-state index in [9.17, 15) is 9.90 Å². The summed E-state index contributed by atoms with van der Waals surface area (Å²) < 4.78 is 5.46. The molecule has 0 bridgehead atoms. The molecule has 2 heterocycles. The second kappa shape index (κ2) is 8.09. The van der Waals surface area contributed by atoms with Gasteiger partial charge in [0.15, 0.2) is 0 Å². The van der Waals surface area contributed by atoms with Gasteiger partial charge in [0.05, 0.1) is 6.04 Å². The number of hydrogen-bond donors (Lipinski definition) is 2. The van der Waals surface area contributed by atoms with Crippen molar-refractivity contribution in [2.75, 3.05) is 19.8 Å². The number of aryl methyl sites for hydroxylation is 1. The third-order valence-electron chi connectivity index (χ3n) is 5.31. The largest absolute Gasteiger partial charge is 0.507 e. The molecular formula is C23H25N3O3. The Labute approximate surface area is 170 Å². The van der Waals surface area contributed by atoms with Crippen molar-refractivity contribution in [2.45, 2.75) is 26.3 Å². The van der Waals surface area contributed by atoms with Crippen molar-refractivity contribution in [3.8, 4) is 17.0 Å². The van der Waals surface area contributed by atoms with E-state index in [1.165, 1.54) is 0 Å². The quantitative estimate of drug-likeness (QED) is 0.595. The number of ether oxygens (including phenoxy) is 1. The predicted molar refractivity (Wildman–Crippen MR) is 111 cm³/mol. The highest BCUT2D eigenvalue weighted by atomic mass is 16.5. The average molecular weight is 391 g/mol. The Morgan fingerprint density at radius 1 is 1.17 bits per heavy atom. The van der Waals surface area contributed by atoms with Crippen LogP contribution in [-0.4, -0.2) is 45.9 Å². The fraction of sp³-hybridized carbons (Fsp3) is 0.304. The molecule has 1 atom stereocenters. The first-order valence-electron chi connectivity index (χ1n) is 9.93. The fourth-order valence-corrected chi connectivity index (χ4v) is 3.88. The van der Waals surface area contributed by atoms with Crippen molar-refractivity contribution in [1.82, 2.24) is 15.1 Å². The van der Waals surface area contributed by atoms with Crippen LogP contribution in [0.25, 0.3) is 11.3 Å². The van der Waals surface area contributed by atoms with Crippen LogP contribution in [0.15, 0.2) is 48.5 Å². The maximum atomic E-state index is 13.2. The van der Waals surface area contributed by atoms with Crippen LogP contribution >= 0.6 is 0 Å². The van der Waals surface area contributed by atoms with Gasteiger partial charge < -0.3 is 14.7 Å². The lowest BCUT2D eigenvalue weighted by atomic mass is 9.95. The first-order chi connectivity index (χ1) is 14.1. The van der Waals surface area contributed by atoms with Gasteiger partial charge in [-0.25, -0.2) is 0 Å². The third-order valence-corrected chi connectivity index (χ3v) is 5.31. The van der Waals surface area contributed by atoms with Gasteiger partial charge in [0.2, 0.25) is 0 Å². The van der Waals surface area contributed by atoms with Crippen LogP contribution in [0.4, 0.5) is 0 Å². The van der Waals surface area contributed by atoms with Gasteiger partial charge in [0, 0.05) is 30.9 Å². The first-order valence-corrected chi connectivity index (χ1v) is 9.93. The number of carbonyl (C=O) groups excluding carboxylic acids is 1. The maximum absolute atomic E-state index is 13.2. The van der Waals surface area contributed by atoms with Gasteiger partial charge in [-0.2, -0.15) is 5.10 Å². The minimum atomic E-state index is -0.256. The van der Waals surface area contributed by atoms with Crippen molar-refractivity contribution < 1.29 is 14.6 Å². The van der Waals surface area contributed by atoms with Crippen LogP contribution in [-0.2, 0) is 4.74 Å². The number of para-hydroxylation sites is 1. The number of fused-ring (bicyclic) bond motifs is 1. The number of benzene rings is 2. The van der Waals surface area contributed by atoms with E-state index in [4.69, 9.17) is 4.74 Å². The number of aromatic amines is 1. The van der Waals surface area contributed by atoms with Crippen LogP contribution in [0.1, 0.15) is 46.6 Å². The Hall–Kier alpha value is -3.12. The summed E-state index contributed by atoms with van der Waals surface area (Å²) in [5.74, 6) is 0.0722. The minimum Gasteiger partial charge on any atom is -0.507 e. The molecule has 150 valence electrons. The number of carbonyl (C=O) groups is 1. The summed E-state index contributed by atoms with van der Waals surface area (Å²) in [7, 11) is 0.